The fourth-order valence-corrected chi connectivity index (χ4v) is 2.66. The van der Waals surface area contributed by atoms with E-state index >= 15 is 0 Å². The van der Waals surface area contributed by atoms with Gasteiger partial charge in [0.05, 0.1) is 6.20 Å². The second-order valence-electron chi connectivity index (χ2n) is 4.98. The number of benzene rings is 1. The van der Waals surface area contributed by atoms with E-state index in [2.05, 4.69) is 9.97 Å². The minimum absolute atomic E-state index is 0.0872. The third kappa shape index (κ3) is 2.94. The van der Waals surface area contributed by atoms with Gasteiger partial charge in [-0.2, -0.15) is 0 Å². The monoisotopic (exact) mass is 319 g/mol. The zero-order valence-corrected chi connectivity index (χ0v) is 12.6. The van der Waals surface area contributed by atoms with Crippen LogP contribution in [0.25, 0.3) is 5.57 Å². The van der Waals surface area contributed by atoms with Crippen molar-refractivity contribution in [3.8, 4) is 0 Å². The highest BCUT2D eigenvalue weighted by molar-refractivity contribution is 7.90. The van der Waals surface area contributed by atoms with E-state index in [1.165, 1.54) is 18.3 Å². The summed E-state index contributed by atoms with van der Waals surface area (Å²) in [5.41, 5.74) is 1.90. The molecule has 1 aromatic carbocycles. The van der Waals surface area contributed by atoms with E-state index in [4.69, 9.17) is 0 Å². The van der Waals surface area contributed by atoms with Crippen LogP contribution in [0.4, 0.5) is 10.3 Å². The summed E-state index contributed by atoms with van der Waals surface area (Å²) in [5.74, 6) is 0.195. The van der Waals surface area contributed by atoms with E-state index in [-0.39, 0.29) is 10.8 Å². The summed E-state index contributed by atoms with van der Waals surface area (Å²) in [6.45, 7) is 0.542. The number of aromatic nitrogens is 2. The average molecular weight is 319 g/mol. The Kier molecular flexibility index (Phi) is 3.58. The van der Waals surface area contributed by atoms with Gasteiger partial charge in [-0.3, -0.25) is 0 Å². The molecule has 2 aromatic rings. The molecule has 0 saturated heterocycles. The number of imidazole rings is 1. The number of sulfone groups is 1. The van der Waals surface area contributed by atoms with Gasteiger partial charge in [0.1, 0.15) is 5.82 Å². The third-order valence-corrected chi connectivity index (χ3v) is 4.34. The van der Waals surface area contributed by atoms with Crippen LogP contribution in [0.3, 0.4) is 0 Å². The molecule has 5 nitrogen and oxygen atoms in total. The van der Waals surface area contributed by atoms with Crippen LogP contribution in [0, 0.1) is 5.82 Å². The van der Waals surface area contributed by atoms with Gasteiger partial charge in [0, 0.05) is 19.0 Å². The van der Waals surface area contributed by atoms with Gasteiger partial charge in [-0.15, -0.1) is 0 Å². The maximum absolute atomic E-state index is 12.9. The molecule has 0 unspecified atom stereocenters. The smallest absolute Gasteiger partial charge is 0.208 e. The molecule has 114 valence electrons. The molecular formula is C15H14FN3O2S. The summed E-state index contributed by atoms with van der Waals surface area (Å²) in [6, 6.07) is 6.27. The maximum Gasteiger partial charge on any atom is 0.208 e. The highest BCUT2D eigenvalue weighted by atomic mass is 32.2. The van der Waals surface area contributed by atoms with Crippen molar-refractivity contribution in [2.24, 2.45) is 0 Å². The highest BCUT2D eigenvalue weighted by Crippen LogP contribution is 2.22. The van der Waals surface area contributed by atoms with Crippen molar-refractivity contribution in [2.75, 3.05) is 17.7 Å². The van der Waals surface area contributed by atoms with Crippen molar-refractivity contribution in [3.63, 3.8) is 0 Å². The normalized spacial score (nSPS) is 15.0. The van der Waals surface area contributed by atoms with Crippen LogP contribution >= 0.6 is 0 Å². The molecule has 0 aliphatic carbocycles. The summed E-state index contributed by atoms with van der Waals surface area (Å²) in [7, 11) is -3.30. The van der Waals surface area contributed by atoms with E-state index < -0.39 is 9.84 Å². The maximum atomic E-state index is 12.9. The van der Waals surface area contributed by atoms with Crippen LogP contribution in [0.2, 0.25) is 0 Å². The molecular weight excluding hydrogens is 305 g/mol. The van der Waals surface area contributed by atoms with E-state index in [1.807, 2.05) is 18.4 Å². The first kappa shape index (κ1) is 14.5. The SMILES string of the molecule is CS(=O)(=O)c1cnc(N2C=CC(c3ccc(F)cc3)=CC2)[nH]1. The van der Waals surface area contributed by atoms with Gasteiger partial charge in [-0.25, -0.2) is 17.8 Å². The number of aromatic amines is 1. The van der Waals surface area contributed by atoms with Crippen LogP contribution in [0.5, 0.6) is 0 Å². The van der Waals surface area contributed by atoms with Gasteiger partial charge in [0.2, 0.25) is 5.95 Å². The lowest BCUT2D eigenvalue weighted by molar-refractivity contribution is 0.599. The van der Waals surface area contributed by atoms with Crippen molar-refractivity contribution >= 4 is 21.4 Å². The van der Waals surface area contributed by atoms with Crippen molar-refractivity contribution in [1.82, 2.24) is 9.97 Å². The predicted octanol–water partition coefficient (Wildman–Crippen LogP) is 2.37. The lowest BCUT2D eigenvalue weighted by Crippen LogP contribution is -2.20. The Morgan fingerprint density at radius 2 is 2.00 bits per heavy atom. The molecule has 0 amide bonds. The topological polar surface area (TPSA) is 66.1 Å². The van der Waals surface area contributed by atoms with Crippen molar-refractivity contribution < 1.29 is 12.8 Å². The highest BCUT2D eigenvalue weighted by Gasteiger charge is 2.15. The first-order chi connectivity index (χ1) is 10.4. The number of rotatable bonds is 3. The van der Waals surface area contributed by atoms with E-state index in [1.54, 1.807) is 17.0 Å². The van der Waals surface area contributed by atoms with Crippen LogP contribution in [-0.2, 0) is 9.84 Å². The number of hydrogen-bond donors (Lipinski definition) is 1. The summed E-state index contributed by atoms with van der Waals surface area (Å²) in [5, 5.41) is 0.0872. The largest absolute Gasteiger partial charge is 0.315 e. The van der Waals surface area contributed by atoms with Gasteiger partial charge >= 0.3 is 0 Å². The predicted molar refractivity (Wildman–Crippen MR) is 82.6 cm³/mol. The lowest BCUT2D eigenvalue weighted by atomic mass is 10.0. The molecule has 0 radical (unpaired) electrons. The Balaban J connectivity index is 1.78. The van der Waals surface area contributed by atoms with Crippen LogP contribution in [0.1, 0.15) is 5.56 Å². The lowest BCUT2D eigenvalue weighted by Gasteiger charge is -2.20. The fraction of sp³-hybridized carbons (Fsp3) is 0.133. The number of nitrogens with one attached hydrogen (secondary N) is 1. The molecule has 1 aliphatic rings. The molecule has 0 bridgehead atoms. The Morgan fingerprint density at radius 3 is 2.55 bits per heavy atom. The number of allylic oxidation sites excluding steroid dienone is 2. The Hall–Kier alpha value is -2.41. The van der Waals surface area contributed by atoms with Gasteiger partial charge in [-0.1, -0.05) is 18.2 Å². The first-order valence-corrected chi connectivity index (χ1v) is 8.48. The van der Waals surface area contributed by atoms with Gasteiger partial charge in [0.15, 0.2) is 14.9 Å². The first-order valence-electron chi connectivity index (χ1n) is 6.59. The van der Waals surface area contributed by atoms with Crippen LogP contribution < -0.4 is 4.90 Å². The third-order valence-electron chi connectivity index (χ3n) is 3.33. The minimum Gasteiger partial charge on any atom is -0.315 e. The second-order valence-corrected chi connectivity index (χ2v) is 6.96. The molecule has 22 heavy (non-hydrogen) atoms. The van der Waals surface area contributed by atoms with Gasteiger partial charge in [-0.05, 0) is 29.3 Å². The molecule has 1 N–H and O–H groups in total. The average Bonchev–Trinajstić information content (AvgIpc) is 2.98. The summed E-state index contributed by atoms with van der Waals surface area (Å²) in [4.78, 5) is 8.65. The van der Waals surface area contributed by atoms with E-state index in [9.17, 15) is 12.8 Å². The minimum atomic E-state index is -3.30. The van der Waals surface area contributed by atoms with Gasteiger partial charge in [0.25, 0.3) is 0 Å². The summed E-state index contributed by atoms with van der Waals surface area (Å²) in [6.07, 6.45) is 8.08. The fourth-order valence-electron chi connectivity index (χ4n) is 2.14. The molecule has 0 fully saturated rings. The Labute approximate surface area is 127 Å². The second kappa shape index (κ2) is 5.42. The molecule has 1 aliphatic heterocycles. The Morgan fingerprint density at radius 1 is 1.27 bits per heavy atom. The molecule has 3 rings (SSSR count). The molecule has 0 spiro atoms. The zero-order valence-electron chi connectivity index (χ0n) is 11.8. The molecule has 0 saturated carbocycles. The van der Waals surface area contributed by atoms with Crippen LogP contribution in [-0.4, -0.2) is 31.2 Å². The summed E-state index contributed by atoms with van der Waals surface area (Å²) >= 11 is 0. The van der Waals surface area contributed by atoms with Crippen molar-refractivity contribution in [2.45, 2.75) is 5.03 Å². The van der Waals surface area contributed by atoms with Crippen molar-refractivity contribution in [3.05, 3.63) is 60.2 Å². The number of hydrogen-bond acceptors (Lipinski definition) is 4. The number of H-pyrrole nitrogens is 1. The number of halogens is 1. The summed E-state index contributed by atoms with van der Waals surface area (Å²) < 4.78 is 35.8. The quantitative estimate of drug-likeness (QED) is 0.943. The number of nitrogens with zero attached hydrogens (tertiary/aromatic N) is 2. The van der Waals surface area contributed by atoms with E-state index in [0.717, 1.165) is 17.4 Å². The zero-order chi connectivity index (χ0) is 15.7. The molecule has 0 atom stereocenters. The Bertz CT molecular complexity index is 851. The standard InChI is InChI=1S/C15H14FN3O2S/c1-22(20,21)14-10-17-15(18-14)19-8-6-12(7-9-19)11-2-4-13(16)5-3-11/h2-8,10H,9H2,1H3,(H,17,18). The van der Waals surface area contributed by atoms with Crippen LogP contribution in [0.15, 0.2) is 53.8 Å². The molecule has 1 aromatic heterocycles. The molecule has 2 heterocycles. The van der Waals surface area contributed by atoms with E-state index in [0.29, 0.717) is 12.5 Å². The van der Waals surface area contributed by atoms with Gasteiger partial charge < -0.3 is 9.88 Å². The number of anilines is 1. The molecule has 7 heteroatoms. The van der Waals surface area contributed by atoms with Crippen molar-refractivity contribution in [1.29, 1.82) is 0 Å².